The second-order valence-corrected chi connectivity index (χ2v) is 9.65. The van der Waals surface area contributed by atoms with Gasteiger partial charge in [0.15, 0.2) is 0 Å². The van der Waals surface area contributed by atoms with Crippen molar-refractivity contribution in [1.82, 2.24) is 5.32 Å². The highest BCUT2D eigenvalue weighted by atomic mass is 35.5. The number of halogens is 2. The molecule has 0 unspecified atom stereocenters. The van der Waals surface area contributed by atoms with Crippen LogP contribution in [0.5, 0.6) is 0 Å². The van der Waals surface area contributed by atoms with Gasteiger partial charge in [-0.2, -0.15) is 11.8 Å². The molecule has 0 aliphatic carbocycles. The van der Waals surface area contributed by atoms with Crippen LogP contribution in [0, 0.1) is 6.92 Å². The Morgan fingerprint density at radius 3 is 2.52 bits per heavy atom. The number of thioether (sulfide) groups is 1. The third-order valence-electron chi connectivity index (χ3n) is 3.59. The Balaban J connectivity index is 1.81. The summed E-state index contributed by atoms with van der Waals surface area (Å²) in [5.41, 5.74) is 2.63. The number of sulfonamides is 1. The lowest BCUT2D eigenvalue weighted by Crippen LogP contribution is -2.26. The Hall–Kier alpha value is -1.41. The fourth-order valence-corrected chi connectivity index (χ4v) is 4.32. The van der Waals surface area contributed by atoms with Gasteiger partial charge in [-0.05, 0) is 48.4 Å². The van der Waals surface area contributed by atoms with Crippen LogP contribution >= 0.6 is 35.0 Å². The van der Waals surface area contributed by atoms with Crippen molar-refractivity contribution in [2.24, 2.45) is 0 Å². The Bertz CT molecular complexity index is 934. The Kier molecular flexibility index (Phi) is 7.85. The van der Waals surface area contributed by atoms with E-state index in [4.69, 9.17) is 23.2 Å². The summed E-state index contributed by atoms with van der Waals surface area (Å²) in [5.74, 6) is 1.27. The van der Waals surface area contributed by atoms with E-state index in [0.717, 1.165) is 23.3 Å². The maximum Gasteiger partial charge on any atom is 0.251 e. The monoisotopic (exact) mass is 446 g/mol. The van der Waals surface area contributed by atoms with E-state index in [1.807, 2.05) is 6.07 Å². The van der Waals surface area contributed by atoms with Crippen LogP contribution in [-0.2, 0) is 15.8 Å². The highest BCUT2D eigenvalue weighted by molar-refractivity contribution is 7.98. The molecule has 0 radical (unpaired) electrons. The fourth-order valence-electron chi connectivity index (χ4n) is 2.28. The molecule has 5 nitrogen and oxygen atoms in total. The third-order valence-corrected chi connectivity index (χ3v) is 5.77. The first-order chi connectivity index (χ1) is 12.7. The molecule has 0 saturated carbocycles. The van der Waals surface area contributed by atoms with Crippen molar-refractivity contribution in [1.29, 1.82) is 0 Å². The quantitative estimate of drug-likeness (QED) is 0.591. The van der Waals surface area contributed by atoms with E-state index in [1.165, 1.54) is 0 Å². The van der Waals surface area contributed by atoms with Gasteiger partial charge >= 0.3 is 0 Å². The minimum Gasteiger partial charge on any atom is -0.351 e. The number of nitrogens with one attached hydrogen (secondary N) is 2. The van der Waals surface area contributed by atoms with E-state index < -0.39 is 10.0 Å². The normalized spacial score (nSPS) is 11.3. The van der Waals surface area contributed by atoms with Crippen molar-refractivity contribution in [3.8, 4) is 0 Å². The molecule has 1 amide bonds. The summed E-state index contributed by atoms with van der Waals surface area (Å²) in [6, 6.07) is 10.2. The molecular weight excluding hydrogens is 427 g/mol. The molecule has 0 aliphatic heterocycles. The summed E-state index contributed by atoms with van der Waals surface area (Å²) in [7, 11) is -3.35. The third kappa shape index (κ3) is 7.25. The highest BCUT2D eigenvalue weighted by Gasteiger charge is 2.10. The molecule has 0 fully saturated rings. The minimum absolute atomic E-state index is 0.200. The number of carbonyl (C=O) groups excluding carboxylic acids is 1. The maximum atomic E-state index is 12.2. The molecule has 0 bridgehead atoms. The van der Waals surface area contributed by atoms with E-state index in [9.17, 15) is 13.2 Å². The standard InChI is InChI=1S/C18H20Cl2N2O3S2/c1-12-9-13(4-6-17(12)22-27(2,24)25)18(23)21-7-8-26-11-14-3-5-15(19)10-16(14)20/h3-6,9-10,22H,7-8,11H2,1-2H3,(H,21,23). The van der Waals surface area contributed by atoms with Gasteiger partial charge in [0.25, 0.3) is 5.91 Å². The van der Waals surface area contributed by atoms with Gasteiger partial charge in [0.1, 0.15) is 0 Å². The lowest BCUT2D eigenvalue weighted by Gasteiger charge is -2.10. The second-order valence-electron chi connectivity index (χ2n) is 5.95. The summed E-state index contributed by atoms with van der Waals surface area (Å²) in [4.78, 5) is 12.2. The van der Waals surface area contributed by atoms with Crippen molar-refractivity contribution in [3.63, 3.8) is 0 Å². The van der Waals surface area contributed by atoms with E-state index in [0.29, 0.717) is 33.4 Å². The number of aryl methyl sites for hydroxylation is 1. The average Bonchev–Trinajstić information content (AvgIpc) is 2.56. The van der Waals surface area contributed by atoms with Crippen molar-refractivity contribution >= 4 is 56.6 Å². The van der Waals surface area contributed by atoms with Gasteiger partial charge in [-0.1, -0.05) is 29.3 Å². The number of hydrogen-bond donors (Lipinski definition) is 2. The molecular formula is C18H20Cl2N2O3S2. The molecule has 2 rings (SSSR count). The van der Waals surface area contributed by atoms with E-state index in [1.54, 1.807) is 49.0 Å². The number of hydrogen-bond acceptors (Lipinski definition) is 4. The van der Waals surface area contributed by atoms with E-state index >= 15 is 0 Å². The molecule has 27 heavy (non-hydrogen) atoms. The summed E-state index contributed by atoms with van der Waals surface area (Å²) in [6.07, 6.45) is 1.09. The maximum absolute atomic E-state index is 12.2. The molecule has 9 heteroatoms. The number of rotatable bonds is 8. The minimum atomic E-state index is -3.35. The smallest absolute Gasteiger partial charge is 0.251 e. The topological polar surface area (TPSA) is 75.3 Å². The molecule has 146 valence electrons. The fraction of sp³-hybridized carbons (Fsp3) is 0.278. The molecule has 0 spiro atoms. The molecule has 2 aromatic rings. The molecule has 2 aromatic carbocycles. The first kappa shape index (κ1) is 21.9. The SMILES string of the molecule is Cc1cc(C(=O)NCCSCc2ccc(Cl)cc2Cl)ccc1NS(C)(=O)=O. The lowest BCUT2D eigenvalue weighted by molar-refractivity contribution is 0.0956. The number of carbonyl (C=O) groups is 1. The Labute approximate surface area is 173 Å². The van der Waals surface area contributed by atoms with Crippen molar-refractivity contribution in [2.45, 2.75) is 12.7 Å². The van der Waals surface area contributed by atoms with Crippen LogP contribution in [0.25, 0.3) is 0 Å². The predicted octanol–water partition coefficient (Wildman–Crippen LogP) is 4.34. The van der Waals surface area contributed by atoms with Gasteiger partial charge in [-0.3, -0.25) is 9.52 Å². The van der Waals surface area contributed by atoms with Crippen molar-refractivity contribution in [3.05, 3.63) is 63.1 Å². The van der Waals surface area contributed by atoms with Gasteiger partial charge in [-0.15, -0.1) is 0 Å². The molecule has 0 aliphatic rings. The second kappa shape index (κ2) is 9.68. The van der Waals surface area contributed by atoms with Gasteiger partial charge in [0.05, 0.1) is 11.9 Å². The van der Waals surface area contributed by atoms with Gasteiger partial charge in [0.2, 0.25) is 10.0 Å². The van der Waals surface area contributed by atoms with Crippen LogP contribution in [0.15, 0.2) is 36.4 Å². The Morgan fingerprint density at radius 2 is 1.89 bits per heavy atom. The summed E-state index contributed by atoms with van der Waals surface area (Å²) >= 11 is 13.7. The first-order valence-electron chi connectivity index (χ1n) is 8.04. The van der Waals surface area contributed by atoms with Crippen LogP contribution in [0.4, 0.5) is 5.69 Å². The Morgan fingerprint density at radius 1 is 1.15 bits per heavy atom. The van der Waals surface area contributed by atoms with Crippen LogP contribution in [0.1, 0.15) is 21.5 Å². The van der Waals surface area contributed by atoms with Crippen LogP contribution < -0.4 is 10.0 Å². The molecule has 0 atom stereocenters. The molecule has 2 N–H and O–H groups in total. The van der Waals surface area contributed by atoms with Crippen LogP contribution in [-0.4, -0.2) is 32.9 Å². The molecule has 0 saturated heterocycles. The predicted molar refractivity (Wildman–Crippen MR) is 115 cm³/mol. The van der Waals surface area contributed by atoms with Crippen LogP contribution in [0.3, 0.4) is 0 Å². The average molecular weight is 447 g/mol. The van der Waals surface area contributed by atoms with Gasteiger partial charge in [-0.25, -0.2) is 8.42 Å². The molecule has 0 aromatic heterocycles. The van der Waals surface area contributed by atoms with Crippen molar-refractivity contribution < 1.29 is 13.2 Å². The van der Waals surface area contributed by atoms with E-state index in [2.05, 4.69) is 10.0 Å². The molecule has 0 heterocycles. The van der Waals surface area contributed by atoms with E-state index in [-0.39, 0.29) is 5.91 Å². The van der Waals surface area contributed by atoms with Crippen molar-refractivity contribution in [2.75, 3.05) is 23.3 Å². The zero-order valence-electron chi connectivity index (χ0n) is 14.9. The zero-order valence-corrected chi connectivity index (χ0v) is 18.0. The largest absolute Gasteiger partial charge is 0.351 e. The highest BCUT2D eigenvalue weighted by Crippen LogP contribution is 2.24. The summed E-state index contributed by atoms with van der Waals surface area (Å²) in [5, 5.41) is 4.09. The zero-order chi connectivity index (χ0) is 20.0. The lowest BCUT2D eigenvalue weighted by atomic mass is 10.1. The summed E-state index contributed by atoms with van der Waals surface area (Å²) < 4.78 is 25.0. The van der Waals surface area contributed by atoms with Gasteiger partial charge < -0.3 is 5.32 Å². The summed E-state index contributed by atoms with van der Waals surface area (Å²) in [6.45, 7) is 2.26. The number of benzene rings is 2. The first-order valence-corrected chi connectivity index (χ1v) is 11.8. The number of amides is 1. The van der Waals surface area contributed by atoms with Gasteiger partial charge in [0, 0.05) is 33.7 Å². The van der Waals surface area contributed by atoms with Crippen LogP contribution in [0.2, 0.25) is 10.0 Å². The number of anilines is 1.